The Morgan fingerprint density at radius 3 is 2.97 bits per heavy atom. The summed E-state index contributed by atoms with van der Waals surface area (Å²) in [5.41, 5.74) is 2.51. The van der Waals surface area contributed by atoms with Crippen LogP contribution in [0.3, 0.4) is 0 Å². The average Bonchev–Trinajstić information content (AvgIpc) is 3.29. The first kappa shape index (κ1) is 19.5. The van der Waals surface area contributed by atoms with Gasteiger partial charge in [0, 0.05) is 18.4 Å². The molecule has 0 fully saturated rings. The van der Waals surface area contributed by atoms with Crippen LogP contribution in [0.1, 0.15) is 18.4 Å². The van der Waals surface area contributed by atoms with E-state index in [9.17, 15) is 4.79 Å². The normalized spacial score (nSPS) is 11.2. The molecule has 148 valence electrons. The molecule has 3 aromatic heterocycles. The van der Waals surface area contributed by atoms with Crippen molar-refractivity contribution in [1.82, 2.24) is 29.9 Å². The van der Waals surface area contributed by atoms with Crippen molar-refractivity contribution < 1.29 is 4.79 Å². The van der Waals surface area contributed by atoms with Crippen molar-refractivity contribution in [3.8, 4) is 0 Å². The summed E-state index contributed by atoms with van der Waals surface area (Å²) in [6, 6.07) is 7.97. The second-order valence-corrected chi connectivity index (χ2v) is 8.28. The molecule has 8 nitrogen and oxygen atoms in total. The standard InChI is InChI=1S/C19H19N7OS2/c1-3-7-15-22-25-19(29-15)20-14(27)11-28-18-21-17-16(23-24-18)12-8-5-6-9-13(12)26(17)10-4-2/h4-6,8-9H,2-3,7,10-11H2,1H3,(H,20,25,27). The predicted molar refractivity (Wildman–Crippen MR) is 116 cm³/mol. The van der Waals surface area contributed by atoms with Crippen LogP contribution in [0.25, 0.3) is 22.1 Å². The second kappa shape index (κ2) is 8.66. The van der Waals surface area contributed by atoms with Crippen molar-refractivity contribution in [2.45, 2.75) is 31.5 Å². The van der Waals surface area contributed by atoms with E-state index >= 15 is 0 Å². The number of fused-ring (bicyclic) bond motifs is 3. The topological polar surface area (TPSA) is 98.5 Å². The number of allylic oxidation sites excluding steroid dienone is 1. The number of hydrogen-bond acceptors (Lipinski definition) is 8. The van der Waals surface area contributed by atoms with Gasteiger partial charge < -0.3 is 4.57 Å². The molecule has 0 saturated carbocycles. The van der Waals surface area contributed by atoms with Crippen LogP contribution in [-0.2, 0) is 17.8 Å². The number of nitrogens with one attached hydrogen (secondary N) is 1. The van der Waals surface area contributed by atoms with E-state index in [2.05, 4.69) is 44.2 Å². The lowest BCUT2D eigenvalue weighted by atomic mass is 10.2. The Labute approximate surface area is 175 Å². The number of rotatable bonds is 8. The highest BCUT2D eigenvalue weighted by Crippen LogP contribution is 2.27. The SMILES string of the molecule is C=CCn1c2ccccc2c2nnc(SCC(=O)Nc3nnc(CCC)s3)nc21. The Hall–Kier alpha value is -2.85. The maximum absolute atomic E-state index is 12.2. The summed E-state index contributed by atoms with van der Waals surface area (Å²) >= 11 is 2.64. The van der Waals surface area contributed by atoms with Gasteiger partial charge >= 0.3 is 0 Å². The zero-order chi connectivity index (χ0) is 20.2. The monoisotopic (exact) mass is 425 g/mol. The average molecular weight is 426 g/mol. The van der Waals surface area contributed by atoms with Crippen LogP contribution < -0.4 is 5.32 Å². The number of amides is 1. The van der Waals surface area contributed by atoms with Crippen LogP contribution in [-0.4, -0.2) is 41.6 Å². The van der Waals surface area contributed by atoms with Crippen LogP contribution in [0.4, 0.5) is 5.13 Å². The molecule has 4 aromatic rings. The number of aryl methyl sites for hydroxylation is 1. The minimum atomic E-state index is -0.176. The molecule has 0 spiro atoms. The zero-order valence-corrected chi connectivity index (χ0v) is 17.5. The molecular formula is C19H19N7OS2. The van der Waals surface area contributed by atoms with Crippen LogP contribution in [0.15, 0.2) is 42.1 Å². The van der Waals surface area contributed by atoms with Crippen molar-refractivity contribution in [3.05, 3.63) is 41.9 Å². The molecule has 10 heteroatoms. The number of aromatic nitrogens is 6. The van der Waals surface area contributed by atoms with E-state index in [1.54, 1.807) is 0 Å². The lowest BCUT2D eigenvalue weighted by Gasteiger charge is -2.03. The van der Waals surface area contributed by atoms with E-state index in [1.165, 1.54) is 23.1 Å². The fraction of sp³-hybridized carbons (Fsp3) is 0.263. The zero-order valence-electron chi connectivity index (χ0n) is 15.8. The molecule has 29 heavy (non-hydrogen) atoms. The molecule has 0 bridgehead atoms. The summed E-state index contributed by atoms with van der Waals surface area (Å²) in [6.07, 6.45) is 3.68. The molecule has 0 aliphatic heterocycles. The molecule has 0 aliphatic rings. The quantitative estimate of drug-likeness (QED) is 0.339. The molecule has 0 saturated heterocycles. The van der Waals surface area contributed by atoms with Crippen LogP contribution in [0.2, 0.25) is 0 Å². The van der Waals surface area contributed by atoms with Crippen molar-refractivity contribution in [2.24, 2.45) is 0 Å². The fourth-order valence-electron chi connectivity index (χ4n) is 2.97. The number of thioether (sulfide) groups is 1. The molecular weight excluding hydrogens is 406 g/mol. The Morgan fingerprint density at radius 2 is 2.14 bits per heavy atom. The van der Waals surface area contributed by atoms with Crippen molar-refractivity contribution in [2.75, 3.05) is 11.1 Å². The minimum Gasteiger partial charge on any atom is -0.320 e. The first-order valence-corrected chi connectivity index (χ1v) is 11.0. The van der Waals surface area contributed by atoms with Gasteiger partial charge in [0.25, 0.3) is 0 Å². The first-order valence-electron chi connectivity index (χ1n) is 9.17. The highest BCUT2D eigenvalue weighted by Gasteiger charge is 2.15. The summed E-state index contributed by atoms with van der Waals surface area (Å²) in [7, 11) is 0. The Bertz CT molecular complexity index is 1180. The number of carbonyl (C=O) groups excluding carboxylic acids is 1. The number of benzene rings is 1. The maximum Gasteiger partial charge on any atom is 0.236 e. The van der Waals surface area contributed by atoms with E-state index in [0.717, 1.165) is 39.9 Å². The highest BCUT2D eigenvalue weighted by molar-refractivity contribution is 7.99. The van der Waals surface area contributed by atoms with Gasteiger partial charge in [-0.25, -0.2) is 4.98 Å². The molecule has 0 radical (unpaired) electrons. The van der Waals surface area contributed by atoms with Gasteiger partial charge in [-0.1, -0.05) is 54.3 Å². The van der Waals surface area contributed by atoms with E-state index in [1.807, 2.05) is 34.9 Å². The number of para-hydroxylation sites is 1. The molecule has 0 unspecified atom stereocenters. The summed E-state index contributed by atoms with van der Waals surface area (Å²) in [5, 5.41) is 22.3. The van der Waals surface area contributed by atoms with Crippen LogP contribution in [0.5, 0.6) is 0 Å². The highest BCUT2D eigenvalue weighted by atomic mass is 32.2. The van der Waals surface area contributed by atoms with Crippen molar-refractivity contribution in [1.29, 1.82) is 0 Å². The van der Waals surface area contributed by atoms with Gasteiger partial charge in [-0.15, -0.1) is 27.0 Å². The smallest absolute Gasteiger partial charge is 0.236 e. The van der Waals surface area contributed by atoms with E-state index in [4.69, 9.17) is 0 Å². The summed E-state index contributed by atoms with van der Waals surface area (Å²) in [4.78, 5) is 16.9. The van der Waals surface area contributed by atoms with Crippen LogP contribution >= 0.6 is 23.1 Å². The molecule has 1 aromatic carbocycles. The van der Waals surface area contributed by atoms with Crippen LogP contribution in [0, 0.1) is 0 Å². The van der Waals surface area contributed by atoms with Gasteiger partial charge in [0.05, 0.1) is 11.3 Å². The third-order valence-electron chi connectivity index (χ3n) is 4.18. The Morgan fingerprint density at radius 1 is 1.28 bits per heavy atom. The lowest BCUT2D eigenvalue weighted by Crippen LogP contribution is -2.14. The van der Waals surface area contributed by atoms with Gasteiger partial charge in [-0.2, -0.15) is 0 Å². The first-order chi connectivity index (χ1) is 14.2. The Balaban J connectivity index is 1.50. The third-order valence-corrected chi connectivity index (χ3v) is 5.91. The van der Waals surface area contributed by atoms with Gasteiger partial charge in [0.1, 0.15) is 10.5 Å². The number of carbonyl (C=O) groups is 1. The minimum absolute atomic E-state index is 0.164. The fourth-order valence-corrected chi connectivity index (χ4v) is 4.41. The second-order valence-electron chi connectivity index (χ2n) is 6.27. The van der Waals surface area contributed by atoms with E-state index < -0.39 is 0 Å². The molecule has 0 aliphatic carbocycles. The molecule has 1 N–H and O–H groups in total. The van der Waals surface area contributed by atoms with Crippen molar-refractivity contribution in [3.63, 3.8) is 0 Å². The van der Waals surface area contributed by atoms with E-state index in [0.29, 0.717) is 16.8 Å². The predicted octanol–water partition coefficient (Wildman–Crippen LogP) is 3.70. The summed E-state index contributed by atoms with van der Waals surface area (Å²) in [5.74, 6) is -0.0121. The number of nitrogens with zero attached hydrogens (tertiary/aromatic N) is 6. The maximum atomic E-state index is 12.2. The summed E-state index contributed by atoms with van der Waals surface area (Å²) < 4.78 is 2.05. The third kappa shape index (κ3) is 4.13. The molecule has 4 rings (SSSR count). The Kier molecular flexibility index (Phi) is 5.81. The molecule has 3 heterocycles. The van der Waals surface area contributed by atoms with Gasteiger partial charge in [0.2, 0.25) is 16.2 Å². The van der Waals surface area contributed by atoms with Crippen molar-refractivity contribution >= 4 is 56.2 Å². The van der Waals surface area contributed by atoms with Gasteiger partial charge in [-0.3, -0.25) is 10.1 Å². The number of hydrogen-bond donors (Lipinski definition) is 1. The van der Waals surface area contributed by atoms with Gasteiger partial charge in [-0.05, 0) is 12.5 Å². The molecule has 1 amide bonds. The lowest BCUT2D eigenvalue weighted by molar-refractivity contribution is -0.113. The largest absolute Gasteiger partial charge is 0.320 e. The molecule has 0 atom stereocenters. The summed E-state index contributed by atoms with van der Waals surface area (Å²) in [6.45, 7) is 6.53. The number of anilines is 1. The van der Waals surface area contributed by atoms with Gasteiger partial charge in [0.15, 0.2) is 5.65 Å². The van der Waals surface area contributed by atoms with E-state index in [-0.39, 0.29) is 11.7 Å².